The number of rotatable bonds is 10. The Morgan fingerprint density at radius 3 is 1.59 bits per heavy atom. The summed E-state index contributed by atoms with van der Waals surface area (Å²) >= 11 is 1.03. The summed E-state index contributed by atoms with van der Waals surface area (Å²) in [6.07, 6.45) is 0.350. The maximum atomic E-state index is 12.1. The zero-order chi connectivity index (χ0) is 33.9. The largest absolute Gasteiger partial charge is 0.443 e. The maximum Gasteiger partial charge on any atom is 0.424 e. The van der Waals surface area contributed by atoms with E-state index in [0.29, 0.717) is 28.9 Å². The lowest BCUT2D eigenvalue weighted by Crippen LogP contribution is -2.40. The van der Waals surface area contributed by atoms with Gasteiger partial charge in [0.1, 0.15) is 5.60 Å². The van der Waals surface area contributed by atoms with Gasteiger partial charge in [0.25, 0.3) is 0 Å². The number of amides is 1. The predicted octanol–water partition coefficient (Wildman–Crippen LogP) is 0.989. The minimum absolute atomic E-state index is 0. The van der Waals surface area contributed by atoms with Gasteiger partial charge in [0.15, 0.2) is 9.79 Å². The second kappa shape index (κ2) is 14.5. The van der Waals surface area contributed by atoms with Crippen LogP contribution in [0, 0.1) is 20.2 Å². The lowest BCUT2D eigenvalue weighted by molar-refractivity contribution is -0.383. The van der Waals surface area contributed by atoms with Gasteiger partial charge in [-0.1, -0.05) is 30.1 Å². The van der Waals surface area contributed by atoms with E-state index in [1.165, 1.54) is 26.2 Å². The third-order valence-corrected chi connectivity index (χ3v) is 10.3. The molecular formula is C18H30N6O14S6. The number of hydrogen-bond acceptors (Lipinski definition) is 16. The molecule has 2 aromatic rings. The summed E-state index contributed by atoms with van der Waals surface area (Å²) in [6.45, 7) is 3.38. The van der Waals surface area contributed by atoms with Crippen LogP contribution in [-0.4, -0.2) is 72.0 Å². The van der Waals surface area contributed by atoms with Crippen LogP contribution in [-0.2, 0) is 57.9 Å². The standard InChI is InChI=1S/C11H17N3O8S3.C6H9N3O6S3.CH4/c1-11(2,3)22-10(15)13(24(4,18)19)5-7-6-23-9(14(16)17)8(7)25(12,20)21;1-17(12,13)8-2-4-3-16-6(9(10)11)5(4)18(7,14)15;/h6H,5H2,1-4H3,(H2,12,20,21);3,8H,2H2,1H3,(H2,7,14,15);1H4. The van der Waals surface area contributed by atoms with Gasteiger partial charge < -0.3 is 4.74 Å². The monoisotopic (exact) mass is 746 g/mol. The summed E-state index contributed by atoms with van der Waals surface area (Å²) in [5.41, 5.74) is -1.36. The van der Waals surface area contributed by atoms with Crippen molar-refractivity contribution in [3.8, 4) is 0 Å². The van der Waals surface area contributed by atoms with Crippen molar-refractivity contribution in [1.29, 1.82) is 0 Å². The summed E-state index contributed by atoms with van der Waals surface area (Å²) in [4.78, 5) is 30.4. The van der Waals surface area contributed by atoms with E-state index < -0.39 is 88.0 Å². The summed E-state index contributed by atoms with van der Waals surface area (Å²) in [6, 6.07) is 0. The van der Waals surface area contributed by atoms with Crippen molar-refractivity contribution in [2.75, 3.05) is 12.5 Å². The molecule has 0 aliphatic heterocycles. The van der Waals surface area contributed by atoms with E-state index in [1.807, 2.05) is 4.72 Å². The first kappa shape index (κ1) is 41.1. The fraction of sp³-hybridized carbons (Fsp3) is 0.500. The quantitative estimate of drug-likeness (QED) is 0.226. The molecule has 44 heavy (non-hydrogen) atoms. The molecule has 2 rings (SSSR count). The topological polar surface area (TPSA) is 316 Å². The highest BCUT2D eigenvalue weighted by molar-refractivity contribution is 7.90. The number of thiophene rings is 2. The summed E-state index contributed by atoms with van der Waals surface area (Å²) in [7, 11) is -16.5. The molecule has 0 aliphatic rings. The highest BCUT2D eigenvalue weighted by Crippen LogP contribution is 2.35. The van der Waals surface area contributed by atoms with Crippen molar-refractivity contribution >= 4 is 78.9 Å². The van der Waals surface area contributed by atoms with E-state index in [2.05, 4.69) is 0 Å². The Morgan fingerprint density at radius 2 is 1.27 bits per heavy atom. The first-order valence-electron chi connectivity index (χ1n) is 10.8. The third kappa shape index (κ3) is 12.3. The van der Waals surface area contributed by atoms with E-state index >= 15 is 0 Å². The zero-order valence-corrected chi connectivity index (χ0v) is 27.6. The summed E-state index contributed by atoms with van der Waals surface area (Å²) in [5, 5.41) is 32.3. The number of primary sulfonamides is 2. The van der Waals surface area contributed by atoms with Crippen LogP contribution in [0.15, 0.2) is 20.6 Å². The average molecular weight is 747 g/mol. The molecule has 0 unspecified atom stereocenters. The predicted molar refractivity (Wildman–Crippen MR) is 160 cm³/mol. The first-order valence-corrected chi connectivity index (χ1v) is 19.4. The van der Waals surface area contributed by atoms with Crippen molar-refractivity contribution in [3.05, 3.63) is 42.1 Å². The van der Waals surface area contributed by atoms with Crippen LogP contribution in [0.2, 0.25) is 0 Å². The highest BCUT2D eigenvalue weighted by atomic mass is 32.2. The molecule has 1 amide bonds. The zero-order valence-electron chi connectivity index (χ0n) is 22.7. The van der Waals surface area contributed by atoms with Crippen molar-refractivity contribution in [3.63, 3.8) is 0 Å². The van der Waals surface area contributed by atoms with Gasteiger partial charge in [-0.05, 0) is 20.8 Å². The molecule has 2 aromatic heterocycles. The molecule has 26 heteroatoms. The molecule has 2 heterocycles. The Bertz CT molecular complexity index is 1840. The highest BCUT2D eigenvalue weighted by Gasteiger charge is 2.35. The Morgan fingerprint density at radius 1 is 0.886 bits per heavy atom. The van der Waals surface area contributed by atoms with Crippen LogP contribution in [0.25, 0.3) is 0 Å². The van der Waals surface area contributed by atoms with E-state index in [4.69, 9.17) is 15.0 Å². The SMILES string of the molecule is C.CC(C)(C)OC(=O)N(Cc1csc([N+](=O)[O-])c1S(N)(=O)=O)S(C)(=O)=O.CS(=O)(=O)NCc1csc([N+](=O)[O-])c1S(N)(=O)=O. The summed E-state index contributed by atoms with van der Waals surface area (Å²) in [5.74, 6) is 0. The normalized spacial score (nSPS) is 12.3. The molecule has 0 atom stereocenters. The van der Waals surface area contributed by atoms with Gasteiger partial charge >= 0.3 is 16.1 Å². The van der Waals surface area contributed by atoms with Crippen LogP contribution >= 0.6 is 22.7 Å². The average Bonchev–Trinajstić information content (AvgIpc) is 3.38. The molecule has 0 spiro atoms. The molecule has 0 aromatic carbocycles. The van der Waals surface area contributed by atoms with Gasteiger partial charge in [-0.2, -0.15) is 0 Å². The van der Waals surface area contributed by atoms with Gasteiger partial charge in [-0.25, -0.2) is 57.8 Å². The Hall–Kier alpha value is -2.85. The Balaban J connectivity index is 0.000000863. The molecule has 0 fully saturated rings. The van der Waals surface area contributed by atoms with Gasteiger partial charge in [0.05, 0.1) is 28.9 Å². The van der Waals surface area contributed by atoms with Crippen molar-refractivity contribution in [2.24, 2.45) is 10.3 Å². The maximum absolute atomic E-state index is 12.1. The number of carbonyl (C=O) groups excluding carboxylic acids is 1. The van der Waals surface area contributed by atoms with Gasteiger partial charge in [-0.3, -0.25) is 20.2 Å². The Labute approximate surface area is 261 Å². The lowest BCUT2D eigenvalue weighted by atomic mass is 10.2. The first-order chi connectivity index (χ1) is 19.1. The number of hydrogen-bond donors (Lipinski definition) is 3. The van der Waals surface area contributed by atoms with Crippen LogP contribution < -0.4 is 15.0 Å². The van der Waals surface area contributed by atoms with Crippen molar-refractivity contribution in [1.82, 2.24) is 9.03 Å². The molecule has 0 aliphatic carbocycles. The number of nitrogens with two attached hydrogens (primary N) is 2. The molecule has 20 nitrogen and oxygen atoms in total. The molecule has 5 N–H and O–H groups in total. The number of ether oxygens (including phenoxy) is 1. The number of carbonyl (C=O) groups is 1. The van der Waals surface area contributed by atoms with E-state index in [9.17, 15) is 58.7 Å². The van der Waals surface area contributed by atoms with Crippen LogP contribution in [0.4, 0.5) is 14.8 Å². The third-order valence-electron chi connectivity index (χ3n) is 4.33. The second-order valence-electron chi connectivity index (χ2n) is 9.24. The number of sulfonamides is 4. The second-order valence-corrected chi connectivity index (χ2v) is 17.7. The molecule has 0 saturated heterocycles. The van der Waals surface area contributed by atoms with E-state index in [1.54, 1.807) is 0 Å². The number of nitrogens with one attached hydrogen (secondary N) is 1. The van der Waals surface area contributed by atoms with Gasteiger partial charge in [0, 0.05) is 28.4 Å². The molecule has 0 saturated carbocycles. The molecule has 252 valence electrons. The minimum Gasteiger partial charge on any atom is -0.443 e. The van der Waals surface area contributed by atoms with Crippen LogP contribution in [0.1, 0.15) is 39.3 Å². The minimum atomic E-state index is -4.52. The van der Waals surface area contributed by atoms with Gasteiger partial charge in [0.2, 0.25) is 40.1 Å². The van der Waals surface area contributed by atoms with E-state index in [0.717, 1.165) is 11.6 Å². The van der Waals surface area contributed by atoms with Crippen molar-refractivity contribution in [2.45, 2.75) is 56.7 Å². The number of nitro groups is 2. The van der Waals surface area contributed by atoms with Crippen LogP contribution in [0.5, 0.6) is 0 Å². The Kier molecular flexibility index (Phi) is 13.6. The summed E-state index contributed by atoms with van der Waals surface area (Å²) < 4.78 is 98.7. The smallest absolute Gasteiger partial charge is 0.424 e. The molecule has 0 bridgehead atoms. The number of nitrogens with zero attached hydrogens (tertiary/aromatic N) is 3. The van der Waals surface area contributed by atoms with Crippen LogP contribution in [0.3, 0.4) is 0 Å². The molecule has 0 radical (unpaired) electrons. The van der Waals surface area contributed by atoms with E-state index in [-0.39, 0.29) is 29.4 Å². The fourth-order valence-corrected chi connectivity index (χ4v) is 8.23. The van der Waals surface area contributed by atoms with Gasteiger partial charge in [-0.15, -0.1) is 0 Å². The molecular weight excluding hydrogens is 717 g/mol. The van der Waals surface area contributed by atoms with Crippen molar-refractivity contribution < 1.29 is 53.0 Å². The fourth-order valence-electron chi connectivity index (χ4n) is 2.83. The lowest BCUT2D eigenvalue weighted by Gasteiger charge is -2.25.